The van der Waals surface area contributed by atoms with E-state index < -0.39 is 12.1 Å². The summed E-state index contributed by atoms with van der Waals surface area (Å²) in [6.07, 6.45) is 0.310. The summed E-state index contributed by atoms with van der Waals surface area (Å²) < 4.78 is 0. The van der Waals surface area contributed by atoms with Crippen LogP contribution in [0.15, 0.2) is 18.2 Å². The molecule has 0 amide bonds. The SMILES string of the molecule is Nc1cc(CCCBr)ccc1C(O)C(=O)O. The zero-order chi connectivity index (χ0) is 12.1. The third-order valence-electron chi connectivity index (χ3n) is 2.28. The normalized spacial score (nSPS) is 12.4. The number of halogens is 1. The molecule has 4 nitrogen and oxygen atoms in total. The molecule has 1 unspecified atom stereocenters. The lowest BCUT2D eigenvalue weighted by Gasteiger charge is -2.10. The summed E-state index contributed by atoms with van der Waals surface area (Å²) in [5.41, 5.74) is 7.30. The topological polar surface area (TPSA) is 83.5 Å². The van der Waals surface area contributed by atoms with Crippen LogP contribution in [0.25, 0.3) is 0 Å². The quantitative estimate of drug-likeness (QED) is 0.569. The van der Waals surface area contributed by atoms with Crippen LogP contribution in [0.2, 0.25) is 0 Å². The van der Waals surface area contributed by atoms with E-state index in [1.165, 1.54) is 0 Å². The van der Waals surface area contributed by atoms with Gasteiger partial charge in [-0.05, 0) is 24.5 Å². The van der Waals surface area contributed by atoms with Crippen LogP contribution in [0.3, 0.4) is 0 Å². The number of nitrogens with two attached hydrogens (primary N) is 1. The van der Waals surface area contributed by atoms with Gasteiger partial charge in [0.15, 0.2) is 6.10 Å². The van der Waals surface area contributed by atoms with Gasteiger partial charge in [0, 0.05) is 16.6 Å². The lowest BCUT2D eigenvalue weighted by atomic mass is 10.0. The molecule has 0 saturated heterocycles. The molecule has 4 N–H and O–H groups in total. The summed E-state index contributed by atoms with van der Waals surface area (Å²) in [6.45, 7) is 0. The summed E-state index contributed by atoms with van der Waals surface area (Å²) in [5, 5.41) is 18.9. The number of carbonyl (C=O) groups is 1. The summed E-state index contributed by atoms with van der Waals surface area (Å²) >= 11 is 3.33. The van der Waals surface area contributed by atoms with Crippen LogP contribution in [0.5, 0.6) is 0 Å². The fraction of sp³-hybridized carbons (Fsp3) is 0.364. The number of carboxylic acids is 1. The summed E-state index contributed by atoms with van der Waals surface area (Å²) in [5.74, 6) is -1.29. The maximum atomic E-state index is 10.6. The molecule has 1 aromatic carbocycles. The standard InChI is InChI=1S/C11H14BrNO3/c12-5-1-2-7-3-4-8(9(13)6-7)10(14)11(15)16/h3-4,6,10,14H,1-2,5,13H2,(H,15,16). The van der Waals surface area contributed by atoms with E-state index in [9.17, 15) is 9.90 Å². The molecule has 5 heteroatoms. The average Bonchev–Trinajstić information content (AvgIpc) is 2.25. The van der Waals surface area contributed by atoms with Crippen molar-refractivity contribution in [2.24, 2.45) is 0 Å². The highest BCUT2D eigenvalue weighted by molar-refractivity contribution is 9.09. The Hall–Kier alpha value is -1.07. The zero-order valence-electron chi connectivity index (χ0n) is 8.69. The van der Waals surface area contributed by atoms with Crippen molar-refractivity contribution in [3.8, 4) is 0 Å². The van der Waals surface area contributed by atoms with Crippen LogP contribution in [-0.2, 0) is 11.2 Å². The van der Waals surface area contributed by atoms with Gasteiger partial charge in [0.1, 0.15) is 0 Å². The maximum Gasteiger partial charge on any atom is 0.337 e. The van der Waals surface area contributed by atoms with E-state index in [0.717, 1.165) is 23.7 Å². The number of hydrogen-bond donors (Lipinski definition) is 3. The monoisotopic (exact) mass is 287 g/mol. The number of benzene rings is 1. The van der Waals surface area contributed by atoms with E-state index >= 15 is 0 Å². The smallest absolute Gasteiger partial charge is 0.337 e. The van der Waals surface area contributed by atoms with E-state index in [1.807, 2.05) is 0 Å². The first-order valence-electron chi connectivity index (χ1n) is 4.91. The van der Waals surface area contributed by atoms with Crippen molar-refractivity contribution < 1.29 is 15.0 Å². The molecule has 0 aromatic heterocycles. The van der Waals surface area contributed by atoms with Gasteiger partial charge in [-0.25, -0.2) is 4.79 Å². The Balaban J connectivity index is 2.87. The Bertz CT molecular complexity index is 381. The van der Waals surface area contributed by atoms with Crippen LogP contribution < -0.4 is 5.73 Å². The highest BCUT2D eigenvalue weighted by atomic mass is 79.9. The number of aliphatic hydroxyl groups excluding tert-OH is 1. The molecule has 0 bridgehead atoms. The molecule has 1 atom stereocenters. The Labute approximate surface area is 102 Å². The molecular formula is C11H14BrNO3. The number of alkyl halides is 1. The van der Waals surface area contributed by atoms with Gasteiger partial charge in [-0.3, -0.25) is 0 Å². The molecule has 0 aliphatic rings. The number of hydrogen-bond acceptors (Lipinski definition) is 3. The minimum Gasteiger partial charge on any atom is -0.479 e. The number of aliphatic carboxylic acids is 1. The third kappa shape index (κ3) is 3.21. The third-order valence-corrected chi connectivity index (χ3v) is 2.84. The highest BCUT2D eigenvalue weighted by Crippen LogP contribution is 2.22. The first-order chi connectivity index (χ1) is 7.56. The summed E-state index contributed by atoms with van der Waals surface area (Å²) in [7, 11) is 0. The molecule has 0 fully saturated rings. The van der Waals surface area contributed by atoms with E-state index in [0.29, 0.717) is 5.69 Å². The number of aliphatic hydroxyl groups is 1. The van der Waals surface area contributed by atoms with E-state index in [2.05, 4.69) is 15.9 Å². The summed E-state index contributed by atoms with van der Waals surface area (Å²) in [4.78, 5) is 10.6. The van der Waals surface area contributed by atoms with Crippen LogP contribution >= 0.6 is 15.9 Å². The minimum atomic E-state index is -1.55. The molecule has 0 radical (unpaired) electrons. The lowest BCUT2D eigenvalue weighted by Crippen LogP contribution is -2.12. The van der Waals surface area contributed by atoms with Gasteiger partial charge < -0.3 is 15.9 Å². The second-order valence-electron chi connectivity index (χ2n) is 3.50. The molecule has 0 aliphatic heterocycles. The number of aryl methyl sites for hydroxylation is 1. The van der Waals surface area contributed by atoms with E-state index in [4.69, 9.17) is 10.8 Å². The molecule has 0 saturated carbocycles. The van der Waals surface area contributed by atoms with Crippen molar-refractivity contribution in [1.29, 1.82) is 0 Å². The lowest BCUT2D eigenvalue weighted by molar-refractivity contribution is -0.146. The fourth-order valence-electron chi connectivity index (χ4n) is 1.43. The first-order valence-corrected chi connectivity index (χ1v) is 6.03. The molecule has 1 rings (SSSR count). The molecule has 0 aliphatic carbocycles. The second-order valence-corrected chi connectivity index (χ2v) is 4.29. The van der Waals surface area contributed by atoms with Crippen LogP contribution in [-0.4, -0.2) is 21.5 Å². The Morgan fingerprint density at radius 2 is 2.19 bits per heavy atom. The predicted molar refractivity (Wildman–Crippen MR) is 65.6 cm³/mol. The number of anilines is 1. The molecule has 16 heavy (non-hydrogen) atoms. The van der Waals surface area contributed by atoms with Gasteiger partial charge >= 0.3 is 5.97 Å². The van der Waals surface area contributed by atoms with Crippen molar-refractivity contribution in [2.75, 3.05) is 11.1 Å². The van der Waals surface area contributed by atoms with Crippen LogP contribution in [0.4, 0.5) is 5.69 Å². The van der Waals surface area contributed by atoms with Crippen molar-refractivity contribution in [3.63, 3.8) is 0 Å². The summed E-state index contributed by atoms with van der Waals surface area (Å²) in [6, 6.07) is 5.07. The molecule has 0 spiro atoms. The van der Waals surface area contributed by atoms with Crippen molar-refractivity contribution >= 4 is 27.6 Å². The van der Waals surface area contributed by atoms with E-state index in [1.54, 1.807) is 18.2 Å². The fourth-order valence-corrected chi connectivity index (χ4v) is 1.71. The largest absolute Gasteiger partial charge is 0.479 e. The van der Waals surface area contributed by atoms with Crippen molar-refractivity contribution in [1.82, 2.24) is 0 Å². The zero-order valence-corrected chi connectivity index (χ0v) is 10.3. The van der Waals surface area contributed by atoms with Gasteiger partial charge in [0.25, 0.3) is 0 Å². The van der Waals surface area contributed by atoms with Gasteiger partial charge in [-0.1, -0.05) is 28.1 Å². The Morgan fingerprint density at radius 1 is 1.50 bits per heavy atom. The van der Waals surface area contributed by atoms with Crippen molar-refractivity contribution in [3.05, 3.63) is 29.3 Å². The van der Waals surface area contributed by atoms with Crippen molar-refractivity contribution in [2.45, 2.75) is 18.9 Å². The van der Waals surface area contributed by atoms with Crippen LogP contribution in [0, 0.1) is 0 Å². The van der Waals surface area contributed by atoms with Gasteiger partial charge in [0.05, 0.1) is 0 Å². The average molecular weight is 288 g/mol. The molecule has 0 heterocycles. The molecule has 88 valence electrons. The number of nitrogen functional groups attached to an aromatic ring is 1. The van der Waals surface area contributed by atoms with Crippen LogP contribution in [0.1, 0.15) is 23.7 Å². The van der Waals surface area contributed by atoms with E-state index in [-0.39, 0.29) is 5.56 Å². The number of rotatable bonds is 5. The molecule has 1 aromatic rings. The predicted octanol–water partition coefficient (Wildman–Crippen LogP) is 1.71. The van der Waals surface area contributed by atoms with Gasteiger partial charge in [-0.2, -0.15) is 0 Å². The Morgan fingerprint density at radius 3 is 2.69 bits per heavy atom. The maximum absolute atomic E-state index is 10.6. The molecular weight excluding hydrogens is 274 g/mol. The van der Waals surface area contributed by atoms with Gasteiger partial charge in [-0.15, -0.1) is 0 Å². The minimum absolute atomic E-state index is 0.245. The number of carboxylic acid groups (broad SMARTS) is 1. The first kappa shape index (κ1) is 13.0. The highest BCUT2D eigenvalue weighted by Gasteiger charge is 2.18. The Kier molecular flexibility index (Phi) is 4.76. The van der Waals surface area contributed by atoms with Gasteiger partial charge in [0.2, 0.25) is 0 Å². The second kappa shape index (κ2) is 5.86.